The van der Waals surface area contributed by atoms with Gasteiger partial charge in [-0.05, 0) is 37.1 Å². The number of carboxylic acid groups (broad SMARTS) is 1. The fourth-order valence-corrected chi connectivity index (χ4v) is 2.34. The van der Waals surface area contributed by atoms with Crippen molar-refractivity contribution in [2.75, 3.05) is 0 Å². The number of hydrogen-bond acceptors (Lipinski definition) is 2. The number of aromatic carboxylic acids is 1. The smallest absolute Gasteiger partial charge is 0.337 e. The van der Waals surface area contributed by atoms with Crippen molar-refractivity contribution in [1.29, 1.82) is 0 Å². The molecule has 0 atom stereocenters. The number of carbonyl (C=O) groups is 1. The summed E-state index contributed by atoms with van der Waals surface area (Å²) in [7, 11) is 0. The summed E-state index contributed by atoms with van der Waals surface area (Å²) >= 11 is 0. The lowest BCUT2D eigenvalue weighted by atomic mass is 10.0. The molecule has 1 aromatic heterocycles. The second-order valence-corrected chi connectivity index (χ2v) is 4.84. The molecule has 4 heteroatoms. The second kappa shape index (κ2) is 4.49. The first-order chi connectivity index (χ1) is 9.58. The largest absolute Gasteiger partial charge is 0.478 e. The van der Waals surface area contributed by atoms with Crippen LogP contribution in [0, 0.1) is 13.8 Å². The van der Waals surface area contributed by atoms with E-state index in [1.165, 1.54) is 5.56 Å². The van der Waals surface area contributed by atoms with Gasteiger partial charge in [-0.15, -0.1) is 0 Å². The Bertz CT molecular complexity index is 818. The van der Waals surface area contributed by atoms with Crippen LogP contribution in [0.2, 0.25) is 0 Å². The van der Waals surface area contributed by atoms with Gasteiger partial charge in [0.1, 0.15) is 11.3 Å². The van der Waals surface area contributed by atoms with Crippen molar-refractivity contribution >= 4 is 17.0 Å². The van der Waals surface area contributed by atoms with Gasteiger partial charge in [-0.2, -0.15) is 0 Å². The third-order valence-electron chi connectivity index (χ3n) is 3.60. The molecule has 0 spiro atoms. The Morgan fingerprint density at radius 2 is 1.90 bits per heavy atom. The van der Waals surface area contributed by atoms with Crippen molar-refractivity contribution < 1.29 is 9.90 Å². The number of rotatable bonds is 2. The average Bonchev–Trinajstić information content (AvgIpc) is 2.84. The van der Waals surface area contributed by atoms with Gasteiger partial charge in [-0.25, -0.2) is 9.78 Å². The molecule has 0 saturated heterocycles. The van der Waals surface area contributed by atoms with Crippen LogP contribution in [-0.4, -0.2) is 21.0 Å². The number of benzene rings is 2. The molecular weight excluding hydrogens is 252 g/mol. The zero-order valence-electron chi connectivity index (χ0n) is 11.3. The number of aromatic nitrogens is 2. The number of aryl methyl sites for hydroxylation is 1. The number of nitrogens with one attached hydrogen (secondary N) is 1. The summed E-state index contributed by atoms with van der Waals surface area (Å²) in [6.07, 6.45) is 0. The van der Waals surface area contributed by atoms with Crippen molar-refractivity contribution in [3.05, 3.63) is 53.1 Å². The molecular formula is C16H14N2O2. The molecule has 4 nitrogen and oxygen atoms in total. The van der Waals surface area contributed by atoms with Gasteiger partial charge in [0.25, 0.3) is 0 Å². The molecule has 0 aliphatic carbocycles. The molecule has 0 unspecified atom stereocenters. The van der Waals surface area contributed by atoms with Gasteiger partial charge < -0.3 is 10.1 Å². The van der Waals surface area contributed by atoms with Crippen LogP contribution in [-0.2, 0) is 0 Å². The quantitative estimate of drug-likeness (QED) is 0.745. The van der Waals surface area contributed by atoms with Crippen LogP contribution in [0.1, 0.15) is 21.5 Å². The molecule has 0 amide bonds. The summed E-state index contributed by atoms with van der Waals surface area (Å²) in [5.41, 5.74) is 4.77. The summed E-state index contributed by atoms with van der Waals surface area (Å²) in [5, 5.41) is 9.21. The minimum atomic E-state index is -0.963. The highest BCUT2D eigenvalue weighted by molar-refractivity contribution is 6.01. The number of fused-ring (bicyclic) bond motifs is 1. The summed E-state index contributed by atoms with van der Waals surface area (Å²) in [5.74, 6) is -0.260. The van der Waals surface area contributed by atoms with Gasteiger partial charge in [0.2, 0.25) is 0 Å². The highest BCUT2D eigenvalue weighted by Gasteiger charge is 2.14. The second-order valence-electron chi connectivity index (χ2n) is 4.84. The topological polar surface area (TPSA) is 66.0 Å². The number of nitrogens with zero attached hydrogens (tertiary/aromatic N) is 1. The van der Waals surface area contributed by atoms with Gasteiger partial charge in [0.15, 0.2) is 0 Å². The number of para-hydroxylation sites is 1. The molecule has 0 saturated carbocycles. The predicted molar refractivity (Wildman–Crippen MR) is 78.0 cm³/mol. The fraction of sp³-hybridized carbons (Fsp3) is 0.125. The highest BCUT2D eigenvalue weighted by Crippen LogP contribution is 2.26. The molecule has 2 aromatic carbocycles. The van der Waals surface area contributed by atoms with Crippen molar-refractivity contribution in [3.8, 4) is 11.4 Å². The zero-order chi connectivity index (χ0) is 14.3. The molecule has 20 heavy (non-hydrogen) atoms. The van der Waals surface area contributed by atoms with E-state index < -0.39 is 5.97 Å². The molecule has 0 aliphatic heterocycles. The fourth-order valence-electron chi connectivity index (χ4n) is 2.34. The number of hydrogen-bond donors (Lipinski definition) is 2. The summed E-state index contributed by atoms with van der Waals surface area (Å²) < 4.78 is 0. The Kier molecular flexibility index (Phi) is 2.79. The maximum Gasteiger partial charge on any atom is 0.337 e. The first-order valence-electron chi connectivity index (χ1n) is 6.36. The van der Waals surface area contributed by atoms with E-state index in [0.29, 0.717) is 11.3 Å². The van der Waals surface area contributed by atoms with Crippen molar-refractivity contribution in [2.24, 2.45) is 0 Å². The Balaban J connectivity index is 2.26. The van der Waals surface area contributed by atoms with Crippen LogP contribution in [0.4, 0.5) is 0 Å². The molecule has 1 heterocycles. The van der Waals surface area contributed by atoms with E-state index in [4.69, 9.17) is 0 Å². The minimum Gasteiger partial charge on any atom is -0.478 e. The maximum absolute atomic E-state index is 11.2. The molecule has 100 valence electrons. The number of H-pyrrole nitrogens is 1. The summed E-state index contributed by atoms with van der Waals surface area (Å²) in [4.78, 5) is 18.9. The Hall–Kier alpha value is -2.62. The van der Waals surface area contributed by atoms with Crippen LogP contribution < -0.4 is 0 Å². The molecule has 0 bridgehead atoms. The Labute approximate surface area is 116 Å². The van der Waals surface area contributed by atoms with Gasteiger partial charge in [0, 0.05) is 5.56 Å². The van der Waals surface area contributed by atoms with Gasteiger partial charge in [-0.3, -0.25) is 0 Å². The molecule has 0 fully saturated rings. The van der Waals surface area contributed by atoms with Crippen LogP contribution >= 0.6 is 0 Å². The average molecular weight is 266 g/mol. The first kappa shape index (κ1) is 12.4. The van der Waals surface area contributed by atoms with E-state index >= 15 is 0 Å². The molecule has 0 radical (unpaired) electrons. The number of aromatic amines is 1. The first-order valence-corrected chi connectivity index (χ1v) is 6.36. The number of carboxylic acids is 1. The summed E-state index contributed by atoms with van der Waals surface area (Å²) in [6, 6.07) is 11.1. The Morgan fingerprint density at radius 1 is 1.15 bits per heavy atom. The monoisotopic (exact) mass is 266 g/mol. The normalized spacial score (nSPS) is 10.9. The molecule has 3 aromatic rings. The summed E-state index contributed by atoms with van der Waals surface area (Å²) in [6.45, 7) is 4.08. The van der Waals surface area contributed by atoms with Gasteiger partial charge >= 0.3 is 5.97 Å². The van der Waals surface area contributed by atoms with Crippen LogP contribution in [0.5, 0.6) is 0 Å². The Morgan fingerprint density at radius 3 is 2.65 bits per heavy atom. The predicted octanol–water partition coefficient (Wildman–Crippen LogP) is 3.54. The maximum atomic E-state index is 11.2. The molecule has 2 N–H and O–H groups in total. The van der Waals surface area contributed by atoms with Crippen molar-refractivity contribution in [1.82, 2.24) is 9.97 Å². The van der Waals surface area contributed by atoms with Crippen LogP contribution in [0.3, 0.4) is 0 Å². The van der Waals surface area contributed by atoms with Crippen LogP contribution in [0.25, 0.3) is 22.4 Å². The standard InChI is InChI=1S/C16H14N2O2/c1-9-5-3-6-11(10(9)2)15-17-13-8-4-7-12(16(19)20)14(13)18-15/h3-8H,1-2H3,(H,17,18)(H,19,20). The van der Waals surface area contributed by atoms with E-state index in [1.54, 1.807) is 12.1 Å². The lowest BCUT2D eigenvalue weighted by Crippen LogP contribution is -1.96. The zero-order valence-corrected chi connectivity index (χ0v) is 11.3. The van der Waals surface area contributed by atoms with Crippen molar-refractivity contribution in [3.63, 3.8) is 0 Å². The van der Waals surface area contributed by atoms with E-state index in [2.05, 4.69) is 9.97 Å². The minimum absolute atomic E-state index is 0.218. The van der Waals surface area contributed by atoms with Crippen molar-refractivity contribution in [2.45, 2.75) is 13.8 Å². The third-order valence-corrected chi connectivity index (χ3v) is 3.60. The van der Waals surface area contributed by atoms with E-state index in [0.717, 1.165) is 16.6 Å². The van der Waals surface area contributed by atoms with Crippen LogP contribution in [0.15, 0.2) is 36.4 Å². The van der Waals surface area contributed by atoms with E-state index in [-0.39, 0.29) is 5.56 Å². The van der Waals surface area contributed by atoms with Gasteiger partial charge in [-0.1, -0.05) is 24.3 Å². The highest BCUT2D eigenvalue weighted by atomic mass is 16.4. The molecule has 3 rings (SSSR count). The van der Waals surface area contributed by atoms with Gasteiger partial charge in [0.05, 0.1) is 11.1 Å². The lowest BCUT2D eigenvalue weighted by molar-refractivity contribution is 0.0699. The molecule has 0 aliphatic rings. The van der Waals surface area contributed by atoms with E-state index in [9.17, 15) is 9.90 Å². The van der Waals surface area contributed by atoms with E-state index in [1.807, 2.05) is 38.1 Å². The third kappa shape index (κ3) is 1.86. The number of imidazole rings is 1. The lowest BCUT2D eigenvalue weighted by Gasteiger charge is -2.05. The SMILES string of the molecule is Cc1cccc(-c2nc3c(C(=O)O)cccc3[nH]2)c1C.